The van der Waals surface area contributed by atoms with E-state index in [2.05, 4.69) is 11.8 Å². The molecule has 2 aliphatic heterocycles. The number of ether oxygens (including phenoxy) is 1. The van der Waals surface area contributed by atoms with E-state index in [9.17, 15) is 9.18 Å². The van der Waals surface area contributed by atoms with Gasteiger partial charge in [0.1, 0.15) is 5.82 Å². The van der Waals surface area contributed by atoms with Crippen molar-refractivity contribution in [1.29, 1.82) is 0 Å². The fraction of sp³-hybridized carbons (Fsp3) is 0.632. The molecule has 2 fully saturated rings. The van der Waals surface area contributed by atoms with Crippen LogP contribution >= 0.6 is 11.6 Å². The molecule has 1 amide bonds. The Balaban J connectivity index is 1.49. The summed E-state index contributed by atoms with van der Waals surface area (Å²) in [6.07, 6.45) is 2.35. The molecule has 1 atom stereocenters. The zero-order chi connectivity index (χ0) is 17.8. The Morgan fingerprint density at radius 2 is 1.96 bits per heavy atom. The van der Waals surface area contributed by atoms with Gasteiger partial charge in [-0.3, -0.25) is 9.69 Å². The number of morpholine rings is 1. The lowest BCUT2D eigenvalue weighted by atomic mass is 9.89. The molecule has 0 radical (unpaired) electrons. The average molecular weight is 369 g/mol. The molecule has 0 aliphatic carbocycles. The molecule has 0 aromatic heterocycles. The van der Waals surface area contributed by atoms with E-state index in [4.69, 9.17) is 16.3 Å². The Morgan fingerprint density at radius 3 is 2.60 bits per heavy atom. The summed E-state index contributed by atoms with van der Waals surface area (Å²) >= 11 is 5.80. The van der Waals surface area contributed by atoms with Crippen LogP contribution < -0.4 is 0 Å². The molecule has 0 spiro atoms. The largest absolute Gasteiger partial charge is 0.379 e. The first-order valence-electron chi connectivity index (χ1n) is 9.08. The van der Waals surface area contributed by atoms with E-state index in [1.807, 2.05) is 4.90 Å². The Bertz CT molecular complexity index is 599. The highest BCUT2D eigenvalue weighted by atomic mass is 35.5. The van der Waals surface area contributed by atoms with Crippen molar-refractivity contribution >= 4 is 17.5 Å². The number of nitrogens with zero attached hydrogens (tertiary/aromatic N) is 2. The Hall–Kier alpha value is -1.17. The summed E-state index contributed by atoms with van der Waals surface area (Å²) in [7, 11) is 0. The molecule has 1 aromatic rings. The van der Waals surface area contributed by atoms with Crippen molar-refractivity contribution in [2.75, 3.05) is 39.4 Å². The maximum atomic E-state index is 13.2. The summed E-state index contributed by atoms with van der Waals surface area (Å²) in [4.78, 5) is 16.9. The Labute approximate surface area is 153 Å². The van der Waals surface area contributed by atoms with Gasteiger partial charge in [-0.25, -0.2) is 4.39 Å². The van der Waals surface area contributed by atoms with Crippen LogP contribution in [0.3, 0.4) is 0 Å². The lowest BCUT2D eigenvalue weighted by Gasteiger charge is -2.41. The van der Waals surface area contributed by atoms with Crippen LogP contribution in [-0.4, -0.2) is 61.1 Å². The Morgan fingerprint density at radius 1 is 1.28 bits per heavy atom. The first kappa shape index (κ1) is 18.6. The van der Waals surface area contributed by atoms with Gasteiger partial charge in [0.15, 0.2) is 0 Å². The number of hydrogen-bond acceptors (Lipinski definition) is 3. The van der Waals surface area contributed by atoms with E-state index in [-0.39, 0.29) is 17.4 Å². The van der Waals surface area contributed by atoms with Crippen LogP contribution in [0.1, 0.15) is 25.3 Å². The maximum Gasteiger partial charge on any atom is 0.226 e. The van der Waals surface area contributed by atoms with Crippen LogP contribution in [0, 0.1) is 11.7 Å². The number of carbonyl (C=O) groups is 1. The fourth-order valence-corrected chi connectivity index (χ4v) is 4.05. The van der Waals surface area contributed by atoms with E-state index in [0.29, 0.717) is 12.0 Å². The number of piperidine rings is 1. The second-order valence-electron chi connectivity index (χ2n) is 7.03. The predicted octanol–water partition coefficient (Wildman–Crippen LogP) is 2.98. The third kappa shape index (κ3) is 4.72. The molecule has 0 unspecified atom stereocenters. The molecule has 2 saturated heterocycles. The van der Waals surface area contributed by atoms with Crippen molar-refractivity contribution in [3.63, 3.8) is 0 Å². The van der Waals surface area contributed by atoms with Crippen LogP contribution in [-0.2, 0) is 16.0 Å². The van der Waals surface area contributed by atoms with Crippen LogP contribution in [0.4, 0.5) is 4.39 Å². The molecule has 0 saturated carbocycles. The third-order valence-electron chi connectivity index (χ3n) is 5.54. The van der Waals surface area contributed by atoms with Gasteiger partial charge in [0.25, 0.3) is 0 Å². The topological polar surface area (TPSA) is 32.8 Å². The summed E-state index contributed by atoms with van der Waals surface area (Å²) in [5, 5.41) is 0.0725. The van der Waals surface area contributed by atoms with E-state index >= 15 is 0 Å². The van der Waals surface area contributed by atoms with Crippen molar-refractivity contribution in [3.05, 3.63) is 34.6 Å². The highest BCUT2D eigenvalue weighted by Gasteiger charge is 2.30. The lowest BCUT2D eigenvalue weighted by Crippen LogP contribution is -2.49. The quantitative estimate of drug-likeness (QED) is 0.819. The van der Waals surface area contributed by atoms with Crippen LogP contribution in [0.5, 0.6) is 0 Å². The monoisotopic (exact) mass is 368 g/mol. The number of halogens is 2. The number of rotatable bonds is 4. The van der Waals surface area contributed by atoms with Crippen molar-refractivity contribution in [2.45, 2.75) is 32.2 Å². The minimum atomic E-state index is -0.448. The highest BCUT2D eigenvalue weighted by molar-refractivity contribution is 6.30. The molecule has 138 valence electrons. The van der Waals surface area contributed by atoms with Gasteiger partial charge in [-0.1, -0.05) is 17.7 Å². The summed E-state index contributed by atoms with van der Waals surface area (Å²) in [5.74, 6) is 0.276. The second kappa shape index (κ2) is 8.47. The molecule has 6 heteroatoms. The summed E-state index contributed by atoms with van der Waals surface area (Å²) in [5.41, 5.74) is 0.764. The van der Waals surface area contributed by atoms with Crippen molar-refractivity contribution < 1.29 is 13.9 Å². The first-order valence-corrected chi connectivity index (χ1v) is 9.46. The minimum Gasteiger partial charge on any atom is -0.379 e. The maximum absolute atomic E-state index is 13.2. The zero-order valence-electron chi connectivity index (χ0n) is 14.7. The minimum absolute atomic E-state index is 0.0725. The smallest absolute Gasteiger partial charge is 0.226 e. The van der Waals surface area contributed by atoms with E-state index in [0.717, 1.165) is 57.8 Å². The molecule has 1 aromatic carbocycles. The predicted molar refractivity (Wildman–Crippen MR) is 96.3 cm³/mol. The molecule has 0 N–H and O–H groups in total. The molecule has 2 aliphatic rings. The van der Waals surface area contributed by atoms with Gasteiger partial charge in [0.05, 0.1) is 24.7 Å². The van der Waals surface area contributed by atoms with E-state index in [1.165, 1.54) is 6.07 Å². The molecule has 2 heterocycles. The number of likely N-dealkylation sites (tertiary alicyclic amines) is 1. The van der Waals surface area contributed by atoms with Gasteiger partial charge in [0.2, 0.25) is 5.91 Å². The molecule has 25 heavy (non-hydrogen) atoms. The zero-order valence-corrected chi connectivity index (χ0v) is 15.5. The second-order valence-corrected chi connectivity index (χ2v) is 7.44. The number of benzene rings is 1. The molecular weight excluding hydrogens is 343 g/mol. The van der Waals surface area contributed by atoms with Crippen LogP contribution in [0.15, 0.2) is 18.2 Å². The van der Waals surface area contributed by atoms with Gasteiger partial charge in [-0.15, -0.1) is 0 Å². The molecule has 4 nitrogen and oxygen atoms in total. The average Bonchev–Trinajstić information content (AvgIpc) is 2.65. The Kier molecular flexibility index (Phi) is 6.31. The summed E-state index contributed by atoms with van der Waals surface area (Å²) in [6, 6.07) is 5.03. The highest BCUT2D eigenvalue weighted by Crippen LogP contribution is 2.25. The molecule has 3 rings (SSSR count). The van der Waals surface area contributed by atoms with E-state index < -0.39 is 5.82 Å². The van der Waals surface area contributed by atoms with Crippen molar-refractivity contribution in [1.82, 2.24) is 9.80 Å². The normalized spacial score (nSPS) is 21.3. The fourth-order valence-electron chi connectivity index (χ4n) is 3.85. The summed E-state index contributed by atoms with van der Waals surface area (Å²) < 4.78 is 18.7. The molecular formula is C19H26ClFN2O2. The summed E-state index contributed by atoms with van der Waals surface area (Å²) in [6.45, 7) is 7.55. The van der Waals surface area contributed by atoms with Gasteiger partial charge < -0.3 is 9.64 Å². The van der Waals surface area contributed by atoms with E-state index in [1.54, 1.807) is 12.1 Å². The SMILES string of the molecule is C[C@@H](C1CCN(C(=O)Cc2ccc(F)c(Cl)c2)CC1)N1CCOCC1. The first-order chi connectivity index (χ1) is 12.0. The van der Waals surface area contributed by atoms with Gasteiger partial charge in [-0.05, 0) is 43.4 Å². The van der Waals surface area contributed by atoms with Gasteiger partial charge in [-0.2, -0.15) is 0 Å². The van der Waals surface area contributed by atoms with Crippen molar-refractivity contribution in [3.8, 4) is 0 Å². The standard InChI is InChI=1S/C19H26ClFN2O2/c1-14(22-8-10-25-11-9-22)16-4-6-23(7-5-16)19(24)13-15-2-3-18(21)17(20)12-15/h2-3,12,14,16H,4-11,13H2,1H3/t14-/m0/s1. The number of carbonyl (C=O) groups excluding carboxylic acids is 1. The molecule has 0 bridgehead atoms. The number of hydrogen-bond donors (Lipinski definition) is 0. The number of amides is 1. The van der Waals surface area contributed by atoms with Crippen LogP contribution in [0.25, 0.3) is 0 Å². The lowest BCUT2D eigenvalue weighted by molar-refractivity contribution is -0.132. The van der Waals surface area contributed by atoms with Crippen LogP contribution in [0.2, 0.25) is 5.02 Å². The van der Waals surface area contributed by atoms with Crippen molar-refractivity contribution in [2.24, 2.45) is 5.92 Å². The van der Waals surface area contributed by atoms with Gasteiger partial charge in [0, 0.05) is 32.2 Å². The van der Waals surface area contributed by atoms with Gasteiger partial charge >= 0.3 is 0 Å². The third-order valence-corrected chi connectivity index (χ3v) is 5.83.